The van der Waals surface area contributed by atoms with Gasteiger partial charge in [0.25, 0.3) is 15.9 Å². The zero-order valence-corrected chi connectivity index (χ0v) is 13.7. The van der Waals surface area contributed by atoms with Crippen LogP contribution in [0, 0.1) is 0 Å². The molecule has 0 aliphatic carbocycles. The SMILES string of the molecule is C=CCCO[C@@H](C)C(=O)NS(=O)(=O)c1ccc2ccccc2c1. The maximum Gasteiger partial charge on any atom is 0.264 e. The second kappa shape index (κ2) is 7.39. The highest BCUT2D eigenvalue weighted by molar-refractivity contribution is 7.90. The van der Waals surface area contributed by atoms with E-state index in [1.165, 1.54) is 19.1 Å². The van der Waals surface area contributed by atoms with E-state index in [9.17, 15) is 13.2 Å². The first-order valence-corrected chi connectivity index (χ1v) is 8.70. The van der Waals surface area contributed by atoms with Crippen molar-refractivity contribution < 1.29 is 17.9 Å². The number of hydrogen-bond acceptors (Lipinski definition) is 4. The summed E-state index contributed by atoms with van der Waals surface area (Å²) >= 11 is 0. The van der Waals surface area contributed by atoms with Crippen LogP contribution in [0.15, 0.2) is 60.0 Å². The molecule has 0 saturated heterocycles. The van der Waals surface area contributed by atoms with E-state index in [1.54, 1.807) is 12.1 Å². The molecule has 0 aromatic heterocycles. The molecule has 0 aliphatic rings. The monoisotopic (exact) mass is 333 g/mol. The second-order valence-corrected chi connectivity index (χ2v) is 6.75. The number of rotatable bonds is 7. The number of hydrogen-bond donors (Lipinski definition) is 1. The molecule has 1 atom stereocenters. The first kappa shape index (κ1) is 17.2. The van der Waals surface area contributed by atoms with Crippen molar-refractivity contribution in [3.8, 4) is 0 Å². The lowest BCUT2D eigenvalue weighted by Crippen LogP contribution is -2.38. The van der Waals surface area contributed by atoms with Gasteiger partial charge in [-0.2, -0.15) is 0 Å². The van der Waals surface area contributed by atoms with Crippen molar-refractivity contribution in [1.29, 1.82) is 0 Å². The zero-order chi connectivity index (χ0) is 16.9. The van der Waals surface area contributed by atoms with Gasteiger partial charge in [-0.25, -0.2) is 13.1 Å². The Morgan fingerprint density at radius 3 is 2.65 bits per heavy atom. The largest absolute Gasteiger partial charge is 0.368 e. The van der Waals surface area contributed by atoms with Gasteiger partial charge in [0, 0.05) is 0 Å². The Balaban J connectivity index is 2.13. The van der Waals surface area contributed by atoms with Crippen molar-refractivity contribution in [3.05, 3.63) is 55.1 Å². The van der Waals surface area contributed by atoms with E-state index < -0.39 is 22.0 Å². The first-order chi connectivity index (χ1) is 10.9. The summed E-state index contributed by atoms with van der Waals surface area (Å²) in [6.45, 7) is 5.37. The van der Waals surface area contributed by atoms with Gasteiger partial charge in [0.1, 0.15) is 6.10 Å². The smallest absolute Gasteiger partial charge is 0.264 e. The minimum absolute atomic E-state index is 0.0443. The number of ether oxygens (including phenoxy) is 1. The van der Waals surface area contributed by atoms with Crippen molar-refractivity contribution in [2.75, 3.05) is 6.61 Å². The Labute approximate surface area is 136 Å². The van der Waals surface area contributed by atoms with Crippen LogP contribution in [0.3, 0.4) is 0 Å². The van der Waals surface area contributed by atoms with Crippen LogP contribution in [0.1, 0.15) is 13.3 Å². The topological polar surface area (TPSA) is 72.5 Å². The molecule has 0 heterocycles. The lowest BCUT2D eigenvalue weighted by molar-refractivity contribution is -0.129. The van der Waals surface area contributed by atoms with Crippen LogP contribution < -0.4 is 4.72 Å². The number of carbonyl (C=O) groups is 1. The van der Waals surface area contributed by atoms with Gasteiger partial charge in [-0.1, -0.05) is 36.4 Å². The summed E-state index contributed by atoms with van der Waals surface area (Å²) in [6, 6.07) is 12.1. The minimum Gasteiger partial charge on any atom is -0.368 e. The van der Waals surface area contributed by atoms with E-state index in [0.29, 0.717) is 13.0 Å². The molecule has 0 saturated carbocycles. The average molecular weight is 333 g/mol. The Kier molecular flexibility index (Phi) is 5.52. The van der Waals surface area contributed by atoms with Crippen molar-refractivity contribution in [3.63, 3.8) is 0 Å². The van der Waals surface area contributed by atoms with Gasteiger partial charge in [-0.05, 0) is 36.2 Å². The van der Waals surface area contributed by atoms with Crippen LogP contribution in [0.5, 0.6) is 0 Å². The molecule has 2 rings (SSSR count). The normalized spacial score (nSPS) is 12.7. The third-order valence-electron chi connectivity index (χ3n) is 3.33. The summed E-state index contributed by atoms with van der Waals surface area (Å²) < 4.78 is 31.9. The van der Waals surface area contributed by atoms with E-state index >= 15 is 0 Å². The Morgan fingerprint density at radius 1 is 1.26 bits per heavy atom. The summed E-state index contributed by atoms with van der Waals surface area (Å²) in [5.41, 5.74) is 0. The Hall–Kier alpha value is -2.18. The maximum absolute atomic E-state index is 12.3. The highest BCUT2D eigenvalue weighted by Gasteiger charge is 2.22. The molecule has 6 heteroatoms. The molecule has 122 valence electrons. The van der Waals surface area contributed by atoms with E-state index in [4.69, 9.17) is 4.74 Å². The van der Waals surface area contributed by atoms with Crippen LogP contribution in [0.25, 0.3) is 10.8 Å². The second-order valence-electron chi connectivity index (χ2n) is 5.07. The molecule has 0 radical (unpaired) electrons. The summed E-state index contributed by atoms with van der Waals surface area (Å²) in [5.74, 6) is -0.692. The molecule has 2 aromatic rings. The average Bonchev–Trinajstić information content (AvgIpc) is 2.54. The number of amides is 1. The fraction of sp³-hybridized carbons (Fsp3) is 0.235. The van der Waals surface area contributed by atoms with E-state index in [0.717, 1.165) is 10.8 Å². The molecular formula is C17H19NO4S. The predicted octanol–water partition coefficient (Wildman–Crippen LogP) is 2.63. The number of fused-ring (bicyclic) bond motifs is 1. The highest BCUT2D eigenvalue weighted by atomic mass is 32.2. The molecule has 23 heavy (non-hydrogen) atoms. The van der Waals surface area contributed by atoms with Crippen molar-refractivity contribution in [2.45, 2.75) is 24.3 Å². The molecule has 0 bridgehead atoms. The summed E-state index contributed by atoms with van der Waals surface area (Å²) in [4.78, 5) is 12.0. The molecule has 5 nitrogen and oxygen atoms in total. The standard InChI is InChI=1S/C17H19NO4S/c1-3-4-11-22-13(2)17(19)18-23(20,21)16-10-9-14-7-5-6-8-15(14)12-16/h3,5-10,12-13H,1,4,11H2,2H3,(H,18,19)/t13-/m0/s1. The molecule has 1 N–H and O–H groups in total. The van der Waals surface area contributed by atoms with Gasteiger partial charge >= 0.3 is 0 Å². The molecule has 0 unspecified atom stereocenters. The summed E-state index contributed by atoms with van der Waals surface area (Å²) in [7, 11) is -3.93. The molecule has 1 amide bonds. The van der Waals surface area contributed by atoms with Gasteiger partial charge in [-0.3, -0.25) is 4.79 Å². The zero-order valence-electron chi connectivity index (χ0n) is 12.9. The van der Waals surface area contributed by atoms with Gasteiger partial charge in [0.15, 0.2) is 0 Å². The molecule has 0 fully saturated rings. The van der Waals surface area contributed by atoms with E-state index in [1.807, 2.05) is 29.0 Å². The third-order valence-corrected chi connectivity index (χ3v) is 4.67. The molecule has 0 aliphatic heterocycles. The van der Waals surface area contributed by atoms with Crippen LogP contribution in [-0.4, -0.2) is 27.0 Å². The molecule has 0 spiro atoms. The summed E-state index contributed by atoms with van der Waals surface area (Å²) in [6.07, 6.45) is 1.40. The van der Waals surface area contributed by atoms with Crippen molar-refractivity contribution in [2.24, 2.45) is 0 Å². The highest BCUT2D eigenvalue weighted by Crippen LogP contribution is 2.18. The minimum atomic E-state index is -3.93. The number of carbonyl (C=O) groups excluding carboxylic acids is 1. The van der Waals surface area contributed by atoms with Gasteiger partial charge in [-0.15, -0.1) is 6.58 Å². The van der Waals surface area contributed by atoms with Gasteiger partial charge < -0.3 is 4.74 Å². The van der Waals surface area contributed by atoms with Gasteiger partial charge in [0.2, 0.25) is 0 Å². The van der Waals surface area contributed by atoms with Gasteiger partial charge in [0.05, 0.1) is 11.5 Å². The molecular weight excluding hydrogens is 314 g/mol. The van der Waals surface area contributed by atoms with Crippen LogP contribution >= 0.6 is 0 Å². The molecule has 2 aromatic carbocycles. The Bertz CT molecular complexity index is 814. The first-order valence-electron chi connectivity index (χ1n) is 7.22. The maximum atomic E-state index is 12.3. The van der Waals surface area contributed by atoms with Crippen LogP contribution in [0.4, 0.5) is 0 Å². The Morgan fingerprint density at radius 2 is 1.96 bits per heavy atom. The lowest BCUT2D eigenvalue weighted by atomic mass is 10.1. The predicted molar refractivity (Wildman–Crippen MR) is 89.5 cm³/mol. The fourth-order valence-electron chi connectivity index (χ4n) is 2.01. The van der Waals surface area contributed by atoms with E-state index in [2.05, 4.69) is 6.58 Å². The van der Waals surface area contributed by atoms with Crippen LogP contribution in [-0.2, 0) is 19.6 Å². The van der Waals surface area contributed by atoms with E-state index in [-0.39, 0.29) is 4.90 Å². The third kappa shape index (κ3) is 4.40. The quantitative estimate of drug-likeness (QED) is 0.624. The lowest BCUT2D eigenvalue weighted by Gasteiger charge is -2.13. The van der Waals surface area contributed by atoms with Crippen molar-refractivity contribution in [1.82, 2.24) is 4.72 Å². The van der Waals surface area contributed by atoms with Crippen LogP contribution in [0.2, 0.25) is 0 Å². The number of benzene rings is 2. The number of sulfonamides is 1. The summed E-state index contributed by atoms with van der Waals surface area (Å²) in [5, 5.41) is 1.72. The number of nitrogens with one attached hydrogen (secondary N) is 1. The van der Waals surface area contributed by atoms with Crippen molar-refractivity contribution >= 4 is 26.7 Å². The fourth-order valence-corrected chi connectivity index (χ4v) is 3.09.